The van der Waals surface area contributed by atoms with Gasteiger partial charge in [0, 0.05) is 17.3 Å². The van der Waals surface area contributed by atoms with E-state index in [0.717, 1.165) is 14.8 Å². The average Bonchev–Trinajstić information content (AvgIpc) is 2.25. The quantitative estimate of drug-likeness (QED) is 0.369. The maximum atomic E-state index is 6.10. The zero-order valence-electron chi connectivity index (χ0n) is 7.85. The van der Waals surface area contributed by atoms with Crippen molar-refractivity contribution in [2.45, 2.75) is 0 Å². The Morgan fingerprint density at radius 1 is 0.938 bits per heavy atom. The summed E-state index contributed by atoms with van der Waals surface area (Å²) in [7, 11) is 0. The second kappa shape index (κ2) is 5.08. The van der Waals surface area contributed by atoms with Crippen LogP contribution in [0.3, 0.4) is 0 Å². The molecule has 1 heterocycles. The van der Waals surface area contributed by atoms with Gasteiger partial charge in [-0.3, -0.25) is 0 Å². The third kappa shape index (κ3) is 2.62. The first kappa shape index (κ1) is 12.4. The molecule has 5 heteroatoms. The summed E-state index contributed by atoms with van der Waals surface area (Å²) in [5, 5.41) is 1.51. The van der Waals surface area contributed by atoms with Crippen molar-refractivity contribution in [1.29, 1.82) is 0 Å². The van der Waals surface area contributed by atoms with Crippen molar-refractivity contribution in [1.82, 2.24) is 4.98 Å². The fraction of sp³-hybridized carbons (Fsp3) is 0. The second-order valence-electron chi connectivity index (χ2n) is 3.12. The molecule has 0 aliphatic heterocycles. The molecule has 1 aromatic heterocycles. The number of hydrogen-bond acceptors (Lipinski definition) is 1. The summed E-state index contributed by atoms with van der Waals surface area (Å²) in [6.45, 7) is 0. The smallest absolute Gasteiger partial charge is 0.101 e. The number of rotatable bonds is 1. The van der Waals surface area contributed by atoms with Crippen LogP contribution >= 0.6 is 57.4 Å². The highest BCUT2D eigenvalue weighted by molar-refractivity contribution is 14.1. The Bertz CT molecular complexity index is 525. The van der Waals surface area contributed by atoms with E-state index in [2.05, 4.69) is 27.6 Å². The summed E-state index contributed by atoms with van der Waals surface area (Å²) in [6, 6.07) is 7.24. The van der Waals surface area contributed by atoms with Crippen LogP contribution in [-0.4, -0.2) is 4.98 Å². The second-order valence-corrected chi connectivity index (χ2v) is 5.44. The minimum atomic E-state index is 0.453. The van der Waals surface area contributed by atoms with Gasteiger partial charge in [-0.1, -0.05) is 40.9 Å². The van der Waals surface area contributed by atoms with Gasteiger partial charge in [0.05, 0.1) is 15.1 Å². The molecule has 0 aliphatic rings. The Labute approximate surface area is 122 Å². The Morgan fingerprint density at radius 3 is 2.25 bits per heavy atom. The van der Waals surface area contributed by atoms with E-state index in [-0.39, 0.29) is 0 Å². The lowest BCUT2D eigenvalue weighted by molar-refractivity contribution is 1.27. The molecule has 0 unspecified atom stereocenters. The van der Waals surface area contributed by atoms with Gasteiger partial charge in [-0.25, -0.2) is 4.98 Å². The van der Waals surface area contributed by atoms with E-state index in [1.807, 2.05) is 12.1 Å². The van der Waals surface area contributed by atoms with E-state index < -0.39 is 0 Å². The molecule has 0 saturated carbocycles. The first-order chi connectivity index (χ1) is 7.58. The largest absolute Gasteiger partial charge is 0.250 e. The highest BCUT2D eigenvalue weighted by Crippen LogP contribution is 2.34. The summed E-state index contributed by atoms with van der Waals surface area (Å²) in [5.41, 5.74) is 1.75. The molecule has 0 aliphatic carbocycles. The zero-order chi connectivity index (χ0) is 11.7. The molecule has 0 saturated heterocycles. The molecule has 0 fully saturated rings. The zero-order valence-corrected chi connectivity index (χ0v) is 12.3. The molecule has 82 valence electrons. The first-order valence-electron chi connectivity index (χ1n) is 4.34. The van der Waals surface area contributed by atoms with E-state index in [1.165, 1.54) is 0 Å². The third-order valence-electron chi connectivity index (χ3n) is 2.05. The van der Waals surface area contributed by atoms with Crippen molar-refractivity contribution >= 4 is 57.4 Å². The van der Waals surface area contributed by atoms with Crippen LogP contribution in [0, 0.1) is 3.70 Å². The van der Waals surface area contributed by atoms with Gasteiger partial charge < -0.3 is 0 Å². The lowest BCUT2D eigenvalue weighted by Gasteiger charge is -2.06. The molecule has 16 heavy (non-hydrogen) atoms. The molecule has 2 rings (SSSR count). The van der Waals surface area contributed by atoms with Crippen LogP contribution < -0.4 is 0 Å². The molecule has 1 nitrogen and oxygen atoms in total. The molecule has 0 bridgehead atoms. The third-order valence-corrected chi connectivity index (χ3v) is 3.72. The van der Waals surface area contributed by atoms with Gasteiger partial charge >= 0.3 is 0 Å². The summed E-state index contributed by atoms with van der Waals surface area (Å²) < 4.78 is 0.928. The molecule has 0 atom stereocenters. The van der Waals surface area contributed by atoms with Crippen LogP contribution in [0.25, 0.3) is 11.1 Å². The molecule has 1 aromatic carbocycles. The monoisotopic (exact) mass is 383 g/mol. The standard InChI is InChI=1S/C11H5Cl3IN/c12-8-4-10(14)9(13)3-7(8)6-1-2-11(15)16-5-6/h1-5H. The highest BCUT2D eigenvalue weighted by Gasteiger charge is 2.08. The summed E-state index contributed by atoms with van der Waals surface area (Å²) >= 11 is 20.1. The van der Waals surface area contributed by atoms with Crippen molar-refractivity contribution in [3.63, 3.8) is 0 Å². The van der Waals surface area contributed by atoms with Gasteiger partial charge in [-0.15, -0.1) is 0 Å². The van der Waals surface area contributed by atoms with Crippen LogP contribution in [0.15, 0.2) is 30.5 Å². The Balaban J connectivity index is 2.56. The Kier molecular flexibility index (Phi) is 3.95. The van der Waals surface area contributed by atoms with E-state index in [9.17, 15) is 0 Å². The lowest BCUT2D eigenvalue weighted by Crippen LogP contribution is -1.84. The Morgan fingerprint density at radius 2 is 1.62 bits per heavy atom. The average molecular weight is 384 g/mol. The van der Waals surface area contributed by atoms with Gasteiger partial charge in [-0.2, -0.15) is 0 Å². The van der Waals surface area contributed by atoms with E-state index in [1.54, 1.807) is 18.3 Å². The van der Waals surface area contributed by atoms with Gasteiger partial charge in [0.15, 0.2) is 0 Å². The number of halogens is 4. The molecular formula is C11H5Cl3IN. The number of pyridine rings is 1. The van der Waals surface area contributed by atoms with E-state index in [4.69, 9.17) is 34.8 Å². The predicted octanol–water partition coefficient (Wildman–Crippen LogP) is 5.31. The van der Waals surface area contributed by atoms with Crippen molar-refractivity contribution in [2.24, 2.45) is 0 Å². The number of nitrogens with zero attached hydrogens (tertiary/aromatic N) is 1. The van der Waals surface area contributed by atoms with Crippen LogP contribution in [0.1, 0.15) is 0 Å². The molecule has 0 spiro atoms. The van der Waals surface area contributed by atoms with Crippen molar-refractivity contribution < 1.29 is 0 Å². The minimum Gasteiger partial charge on any atom is -0.250 e. The molecule has 0 N–H and O–H groups in total. The first-order valence-corrected chi connectivity index (χ1v) is 6.55. The molecule has 2 aromatic rings. The van der Waals surface area contributed by atoms with Gasteiger partial charge in [0.2, 0.25) is 0 Å². The van der Waals surface area contributed by atoms with Crippen molar-refractivity contribution in [3.05, 3.63) is 49.2 Å². The van der Waals surface area contributed by atoms with Crippen LogP contribution in [0.4, 0.5) is 0 Å². The molecule has 0 amide bonds. The summed E-state index contributed by atoms with van der Waals surface area (Å²) in [5.74, 6) is 0. The maximum Gasteiger partial charge on any atom is 0.101 e. The van der Waals surface area contributed by atoms with Gasteiger partial charge in [0.1, 0.15) is 3.70 Å². The number of aromatic nitrogens is 1. The lowest BCUT2D eigenvalue weighted by atomic mass is 10.1. The van der Waals surface area contributed by atoms with Crippen molar-refractivity contribution in [3.8, 4) is 11.1 Å². The normalized spacial score (nSPS) is 10.5. The van der Waals surface area contributed by atoms with Gasteiger partial charge in [0.25, 0.3) is 0 Å². The maximum absolute atomic E-state index is 6.10. The molecule has 0 radical (unpaired) electrons. The number of benzene rings is 1. The fourth-order valence-corrected chi connectivity index (χ4v) is 2.25. The SMILES string of the molecule is Clc1cc(Cl)c(-c2ccc(I)nc2)cc1Cl. The van der Waals surface area contributed by atoms with Crippen LogP contribution in [0.5, 0.6) is 0 Å². The molecular weight excluding hydrogens is 379 g/mol. The topological polar surface area (TPSA) is 12.9 Å². The van der Waals surface area contributed by atoms with E-state index >= 15 is 0 Å². The van der Waals surface area contributed by atoms with E-state index in [0.29, 0.717) is 15.1 Å². The van der Waals surface area contributed by atoms with Gasteiger partial charge in [-0.05, 0) is 40.8 Å². The van der Waals surface area contributed by atoms with Crippen molar-refractivity contribution in [2.75, 3.05) is 0 Å². The van der Waals surface area contributed by atoms with Crippen LogP contribution in [-0.2, 0) is 0 Å². The summed E-state index contributed by atoms with van der Waals surface area (Å²) in [6.07, 6.45) is 1.76. The highest BCUT2D eigenvalue weighted by atomic mass is 127. The summed E-state index contributed by atoms with van der Waals surface area (Å²) in [4.78, 5) is 4.20. The fourth-order valence-electron chi connectivity index (χ4n) is 1.28. The Hall–Kier alpha value is -0.0300. The van der Waals surface area contributed by atoms with Crippen LogP contribution in [0.2, 0.25) is 15.1 Å². The predicted molar refractivity (Wildman–Crippen MR) is 77.4 cm³/mol. The minimum absolute atomic E-state index is 0.453. The number of hydrogen-bond donors (Lipinski definition) is 0.